The highest BCUT2D eigenvalue weighted by Gasteiger charge is 2.50. The summed E-state index contributed by atoms with van der Waals surface area (Å²) in [7, 11) is 3.21. The van der Waals surface area contributed by atoms with Crippen LogP contribution in [0.3, 0.4) is 0 Å². The van der Waals surface area contributed by atoms with Crippen LogP contribution in [0.2, 0.25) is 5.02 Å². The summed E-state index contributed by atoms with van der Waals surface area (Å²) in [5.74, 6) is -1.62. The first kappa shape index (κ1) is 51.2. The molecule has 0 aromatic heterocycles. The first-order chi connectivity index (χ1) is 28.7. The van der Waals surface area contributed by atoms with E-state index in [1.54, 1.807) is 32.4 Å². The maximum atomic E-state index is 13.8. The van der Waals surface area contributed by atoms with Gasteiger partial charge in [-0.05, 0) is 113 Å². The second kappa shape index (κ2) is 26.3. The molecule has 60 heavy (non-hydrogen) atoms. The zero-order chi connectivity index (χ0) is 44.2. The average Bonchev–Trinajstić information content (AvgIpc) is 3.23. The lowest BCUT2D eigenvalue weighted by Crippen LogP contribution is -2.64. The zero-order valence-electron chi connectivity index (χ0n) is 37.3. The molecule has 3 rings (SSSR count). The third kappa shape index (κ3) is 15.9. The van der Waals surface area contributed by atoms with Crippen LogP contribution in [-0.4, -0.2) is 86.1 Å². The summed E-state index contributed by atoms with van der Waals surface area (Å²) in [4.78, 5) is 54.1. The largest absolute Gasteiger partial charge is 0.441 e. The minimum atomic E-state index is -1.50. The van der Waals surface area contributed by atoms with Gasteiger partial charge >= 0.3 is 6.09 Å². The third-order valence-electron chi connectivity index (χ3n) is 12.2. The Morgan fingerprint density at radius 3 is 2.50 bits per heavy atom. The van der Waals surface area contributed by atoms with Crippen LogP contribution in [-0.2, 0) is 39.9 Å². The number of Topliss-reactive ketones (excluding diaryl/α,β-unsaturated/α-hetero) is 3. The summed E-state index contributed by atoms with van der Waals surface area (Å²) >= 11 is 6.19. The Kier molecular flexibility index (Phi) is 22.4. The van der Waals surface area contributed by atoms with Gasteiger partial charge in [0.15, 0.2) is 5.72 Å². The van der Waals surface area contributed by atoms with Gasteiger partial charge in [-0.15, -0.1) is 6.58 Å². The number of rotatable bonds is 26. The number of halogens is 1. The highest BCUT2D eigenvalue weighted by molar-refractivity contribution is 6.40. The zero-order valence-corrected chi connectivity index (χ0v) is 38.0. The number of aliphatic hydroxyl groups is 1. The summed E-state index contributed by atoms with van der Waals surface area (Å²) in [5.41, 5.74) is 1.45. The molecule has 11 nitrogen and oxygen atoms in total. The molecular weight excluding hydrogens is 784 g/mol. The Labute approximate surface area is 364 Å². The van der Waals surface area contributed by atoms with Crippen molar-refractivity contribution in [3.8, 4) is 0 Å². The molecule has 1 saturated carbocycles. The van der Waals surface area contributed by atoms with Crippen molar-refractivity contribution < 1.29 is 43.2 Å². The van der Waals surface area contributed by atoms with Gasteiger partial charge in [-0.2, -0.15) is 0 Å². The monoisotopic (exact) mass is 857 g/mol. The molecule has 1 aliphatic heterocycles. The van der Waals surface area contributed by atoms with Crippen molar-refractivity contribution in [1.82, 2.24) is 10.6 Å². The predicted molar refractivity (Wildman–Crippen MR) is 237 cm³/mol. The Balaban J connectivity index is 1.62. The molecule has 3 N–H and O–H groups in total. The average molecular weight is 858 g/mol. The molecule has 9 atom stereocenters. The Bertz CT molecular complexity index is 1610. The van der Waals surface area contributed by atoms with Gasteiger partial charge in [0.05, 0.1) is 24.9 Å². The molecule has 1 saturated heterocycles. The van der Waals surface area contributed by atoms with Crippen LogP contribution >= 0.6 is 11.6 Å². The number of nitrogens with one attached hydrogen (secondary N) is 2. The summed E-state index contributed by atoms with van der Waals surface area (Å²) in [6.45, 7) is 14.6. The van der Waals surface area contributed by atoms with E-state index >= 15 is 0 Å². The molecule has 1 amide bonds. The number of methoxy groups -OCH3 is 2. The van der Waals surface area contributed by atoms with Crippen molar-refractivity contribution in [3.05, 3.63) is 70.8 Å². The maximum absolute atomic E-state index is 13.8. The van der Waals surface area contributed by atoms with Crippen LogP contribution in [0, 0.1) is 23.7 Å². The van der Waals surface area contributed by atoms with Gasteiger partial charge in [0, 0.05) is 57.0 Å². The first-order valence-corrected chi connectivity index (χ1v) is 22.4. The van der Waals surface area contributed by atoms with E-state index in [1.807, 2.05) is 32.9 Å². The van der Waals surface area contributed by atoms with E-state index in [-0.39, 0.29) is 67.8 Å². The summed E-state index contributed by atoms with van der Waals surface area (Å²) in [5, 5.41) is 17.0. The normalized spacial score (nSPS) is 25.2. The molecule has 1 aromatic rings. The molecule has 2 aliphatic rings. The lowest BCUT2D eigenvalue weighted by Gasteiger charge is -2.43. The molecule has 336 valence electrons. The van der Waals surface area contributed by atoms with E-state index in [9.17, 15) is 24.3 Å². The van der Waals surface area contributed by atoms with Gasteiger partial charge < -0.3 is 29.4 Å². The number of aliphatic hydroxyl groups excluding tert-OH is 1. The molecule has 12 heteroatoms. The fourth-order valence-corrected chi connectivity index (χ4v) is 8.66. The minimum absolute atomic E-state index is 0.00576. The molecule has 2 fully saturated rings. The second-order valence-corrected chi connectivity index (χ2v) is 17.5. The number of carbonyl (C=O) groups excluding carboxylic acids is 4. The van der Waals surface area contributed by atoms with Crippen molar-refractivity contribution in [1.29, 1.82) is 0 Å². The van der Waals surface area contributed by atoms with Crippen molar-refractivity contribution in [2.45, 2.75) is 155 Å². The molecule has 1 aliphatic carbocycles. The topological polar surface area (TPSA) is 149 Å². The van der Waals surface area contributed by atoms with E-state index in [4.69, 9.17) is 30.5 Å². The molecule has 0 bridgehead atoms. The number of allylic oxidation sites excluding steroid dienone is 4. The molecule has 0 spiro atoms. The summed E-state index contributed by atoms with van der Waals surface area (Å²) in [6, 6.07) is 7.29. The molecule has 0 radical (unpaired) electrons. The highest BCUT2D eigenvalue weighted by atomic mass is 35.5. The van der Waals surface area contributed by atoms with Crippen LogP contribution in [0.5, 0.6) is 0 Å². The Morgan fingerprint density at radius 1 is 1.07 bits per heavy atom. The van der Waals surface area contributed by atoms with Crippen LogP contribution in [0.15, 0.2) is 60.2 Å². The molecule has 5 unspecified atom stereocenters. The van der Waals surface area contributed by atoms with Crippen LogP contribution in [0.4, 0.5) is 4.79 Å². The van der Waals surface area contributed by atoms with Crippen molar-refractivity contribution in [2.75, 3.05) is 27.4 Å². The fraction of sp³-hybridized carbons (Fsp3) is 0.667. The van der Waals surface area contributed by atoms with E-state index < -0.39 is 35.6 Å². The number of amides is 1. The van der Waals surface area contributed by atoms with Crippen LogP contribution in [0.25, 0.3) is 0 Å². The summed E-state index contributed by atoms with van der Waals surface area (Å²) < 4.78 is 23.3. The van der Waals surface area contributed by atoms with Gasteiger partial charge in [0.25, 0.3) is 0 Å². The number of unbranched alkanes of at least 4 members (excludes halogenated alkanes) is 2. The van der Waals surface area contributed by atoms with Gasteiger partial charge in [0.2, 0.25) is 11.6 Å². The number of alkyl carbamates (subject to hydrolysis) is 1. The van der Waals surface area contributed by atoms with Gasteiger partial charge in [-0.3, -0.25) is 19.7 Å². The predicted octanol–water partition coefficient (Wildman–Crippen LogP) is 9.04. The van der Waals surface area contributed by atoms with Gasteiger partial charge in [0.1, 0.15) is 11.9 Å². The lowest BCUT2D eigenvalue weighted by molar-refractivity contribution is -0.190. The van der Waals surface area contributed by atoms with E-state index in [0.29, 0.717) is 56.4 Å². The minimum Gasteiger partial charge on any atom is -0.441 e. The number of carbonyl (C=O) groups is 4. The quantitative estimate of drug-likeness (QED) is 0.0468. The van der Waals surface area contributed by atoms with Crippen molar-refractivity contribution >= 4 is 35.0 Å². The molecule has 1 heterocycles. The fourth-order valence-electron chi connectivity index (χ4n) is 8.45. The van der Waals surface area contributed by atoms with Crippen LogP contribution < -0.4 is 10.6 Å². The number of hydrogen-bond donors (Lipinski definition) is 3. The number of ether oxygens (including phenoxy) is 4. The van der Waals surface area contributed by atoms with E-state index in [2.05, 4.69) is 43.2 Å². The smallest absolute Gasteiger partial charge is 0.407 e. The van der Waals surface area contributed by atoms with E-state index in [1.165, 1.54) is 5.57 Å². The third-order valence-corrected chi connectivity index (χ3v) is 12.4. The van der Waals surface area contributed by atoms with Crippen molar-refractivity contribution in [3.63, 3.8) is 0 Å². The first-order valence-electron chi connectivity index (χ1n) is 22.1. The number of ketones is 3. The maximum Gasteiger partial charge on any atom is 0.407 e. The Hall–Kier alpha value is -3.19. The van der Waals surface area contributed by atoms with Gasteiger partial charge in [-0.1, -0.05) is 74.7 Å². The van der Waals surface area contributed by atoms with Crippen LogP contribution in [0.1, 0.15) is 124 Å². The molecule has 1 aromatic carbocycles. The molecular formula is C48H73ClN2O9. The SMILES string of the molecule is C=CC[C@H](/C=C(\C)CCCC)C(=O)CC[C@@H](C)[C@H](OC(=O)NCCCCC(=O)C(=O)C1(NCc2cccc(Cl)c2)OCC(OC)CC1C)/C(C)=C/C1CC[C@@H](O)C(OC)C1. The van der Waals surface area contributed by atoms with E-state index in [0.717, 1.165) is 36.8 Å². The number of benzene rings is 1. The standard InChI is InChI=1S/C48H73ClN2O9/c1-9-11-16-32(3)25-38(15-10-2)41(52)22-20-33(4)45(34(5)26-36-21-23-42(53)44(29-36)58-8)60-47(56)50-24-13-12-19-43(54)46(55)48(35(6)27-40(57-7)31-59-48)51-30-37-17-14-18-39(49)28-37/h10,14,17-18,25-26,28,33,35-36,38,40,42,44-45,51,53H,2,9,11-13,15-16,19-24,27,29-31H2,1,3-8H3,(H,50,56)/b32-25+,34-26+/t33-,35?,36?,38-,40?,42-,44?,45+,48?/m1/s1. The number of hydrogen-bond acceptors (Lipinski definition) is 10. The van der Waals surface area contributed by atoms with Gasteiger partial charge in [-0.25, -0.2) is 4.79 Å². The lowest BCUT2D eigenvalue weighted by atomic mass is 9.82. The highest BCUT2D eigenvalue weighted by Crippen LogP contribution is 2.33. The van der Waals surface area contributed by atoms with Crippen molar-refractivity contribution in [2.24, 2.45) is 23.7 Å². The Morgan fingerprint density at radius 2 is 1.83 bits per heavy atom. The second-order valence-electron chi connectivity index (χ2n) is 17.0. The summed E-state index contributed by atoms with van der Waals surface area (Å²) in [6.07, 6.45) is 11.9.